The van der Waals surface area contributed by atoms with Gasteiger partial charge in [0, 0.05) is 17.8 Å². The molecule has 0 saturated heterocycles. The number of aliphatic hydroxyl groups is 1. The highest BCUT2D eigenvalue weighted by Gasteiger charge is 2.23. The molecule has 0 fully saturated rings. The van der Waals surface area contributed by atoms with Crippen LogP contribution in [0.3, 0.4) is 0 Å². The number of nitrogens with zero attached hydrogens (tertiary/aromatic N) is 3. The standard InChI is InChI=1S/C22H23ClFN5O4S/c1-3-29-20(18(11-30)26-21(32)13-4-7-15(33-2)8-5-13)27-28-22(29)34-12-19(31)25-14-6-9-17(24)16(23)10-14/h4-10,18,30H,3,11-12H2,1-2H3,(H,25,31)(H,26,32)/t18-/m1/s1. The number of benzene rings is 2. The molecule has 1 aromatic heterocycles. The molecule has 3 aromatic rings. The Kier molecular flexibility index (Phi) is 8.85. The lowest BCUT2D eigenvalue weighted by molar-refractivity contribution is -0.113. The molecule has 0 bridgehead atoms. The average molecular weight is 508 g/mol. The molecule has 0 saturated carbocycles. The van der Waals surface area contributed by atoms with E-state index < -0.39 is 18.5 Å². The predicted octanol–water partition coefficient (Wildman–Crippen LogP) is 3.29. The second-order valence-corrected chi connectivity index (χ2v) is 8.34. The Morgan fingerprint density at radius 3 is 2.59 bits per heavy atom. The van der Waals surface area contributed by atoms with Gasteiger partial charge in [0.1, 0.15) is 17.6 Å². The maximum absolute atomic E-state index is 13.3. The maximum atomic E-state index is 13.3. The van der Waals surface area contributed by atoms with E-state index in [2.05, 4.69) is 20.8 Å². The van der Waals surface area contributed by atoms with E-state index in [1.165, 1.54) is 25.3 Å². The maximum Gasteiger partial charge on any atom is 0.251 e. The van der Waals surface area contributed by atoms with Crippen molar-refractivity contribution in [3.05, 3.63) is 64.7 Å². The normalized spacial score (nSPS) is 11.7. The summed E-state index contributed by atoms with van der Waals surface area (Å²) in [5.41, 5.74) is 0.769. The first-order chi connectivity index (χ1) is 16.4. The summed E-state index contributed by atoms with van der Waals surface area (Å²) in [5.74, 6) is -0.315. The molecule has 3 N–H and O–H groups in total. The Balaban J connectivity index is 1.65. The van der Waals surface area contributed by atoms with Crippen LogP contribution in [0.5, 0.6) is 5.75 Å². The van der Waals surface area contributed by atoms with Crippen molar-refractivity contribution in [2.24, 2.45) is 0 Å². The van der Waals surface area contributed by atoms with E-state index in [1.807, 2.05) is 6.92 Å². The highest BCUT2D eigenvalue weighted by Crippen LogP contribution is 2.23. The van der Waals surface area contributed by atoms with Gasteiger partial charge in [-0.25, -0.2) is 4.39 Å². The van der Waals surface area contributed by atoms with Gasteiger partial charge in [-0.3, -0.25) is 9.59 Å². The molecule has 0 unspecified atom stereocenters. The molecule has 0 aliphatic rings. The zero-order valence-electron chi connectivity index (χ0n) is 18.4. The first kappa shape index (κ1) is 25.5. The van der Waals surface area contributed by atoms with Crippen LogP contribution in [-0.2, 0) is 11.3 Å². The first-order valence-corrected chi connectivity index (χ1v) is 11.6. The van der Waals surface area contributed by atoms with Gasteiger partial charge in [0.25, 0.3) is 5.91 Å². The van der Waals surface area contributed by atoms with E-state index in [4.69, 9.17) is 16.3 Å². The monoisotopic (exact) mass is 507 g/mol. The largest absolute Gasteiger partial charge is 0.497 e. The summed E-state index contributed by atoms with van der Waals surface area (Å²) in [6.07, 6.45) is 0. The number of halogens is 2. The van der Waals surface area contributed by atoms with E-state index in [0.29, 0.717) is 34.5 Å². The van der Waals surface area contributed by atoms with Crippen LogP contribution in [0.4, 0.5) is 10.1 Å². The number of nitrogens with one attached hydrogen (secondary N) is 2. The molecule has 180 valence electrons. The third-order valence-electron chi connectivity index (χ3n) is 4.75. The second kappa shape index (κ2) is 11.8. The fourth-order valence-electron chi connectivity index (χ4n) is 3.04. The second-order valence-electron chi connectivity index (χ2n) is 6.99. The van der Waals surface area contributed by atoms with Gasteiger partial charge < -0.3 is 25.0 Å². The quantitative estimate of drug-likeness (QED) is 0.360. The molecule has 0 aliphatic carbocycles. The summed E-state index contributed by atoms with van der Waals surface area (Å²) in [5, 5.41) is 23.9. The summed E-state index contributed by atoms with van der Waals surface area (Å²) < 4.78 is 20.1. The molecule has 34 heavy (non-hydrogen) atoms. The summed E-state index contributed by atoms with van der Waals surface area (Å²) in [6, 6.07) is 9.65. The molecule has 0 aliphatic heterocycles. The number of aromatic nitrogens is 3. The van der Waals surface area contributed by atoms with E-state index in [1.54, 1.807) is 28.8 Å². The number of hydrogen-bond acceptors (Lipinski definition) is 7. The first-order valence-electron chi connectivity index (χ1n) is 10.2. The lowest BCUT2D eigenvalue weighted by atomic mass is 10.2. The van der Waals surface area contributed by atoms with Crippen LogP contribution in [0.15, 0.2) is 47.6 Å². The summed E-state index contributed by atoms with van der Waals surface area (Å²) in [6.45, 7) is 1.92. The van der Waals surface area contributed by atoms with Gasteiger partial charge in [-0.15, -0.1) is 10.2 Å². The minimum atomic E-state index is -0.799. The molecule has 1 atom stereocenters. The van der Waals surface area contributed by atoms with Gasteiger partial charge in [-0.1, -0.05) is 23.4 Å². The number of hydrogen-bond donors (Lipinski definition) is 3. The molecular formula is C22H23ClFN5O4S. The number of aliphatic hydroxyl groups excluding tert-OH is 1. The van der Waals surface area contributed by atoms with Gasteiger partial charge in [0.05, 0.1) is 24.5 Å². The van der Waals surface area contributed by atoms with Crippen molar-refractivity contribution in [2.45, 2.75) is 24.7 Å². The van der Waals surface area contributed by atoms with E-state index in [9.17, 15) is 19.1 Å². The van der Waals surface area contributed by atoms with Crippen LogP contribution in [0.2, 0.25) is 5.02 Å². The summed E-state index contributed by atoms with van der Waals surface area (Å²) >= 11 is 6.87. The zero-order chi connectivity index (χ0) is 24.7. The minimum Gasteiger partial charge on any atom is -0.497 e. The number of amides is 2. The van der Waals surface area contributed by atoms with Crippen LogP contribution >= 0.6 is 23.4 Å². The van der Waals surface area contributed by atoms with Crippen molar-refractivity contribution < 1.29 is 23.8 Å². The third kappa shape index (κ3) is 6.25. The Labute approximate surface area is 204 Å². The lowest BCUT2D eigenvalue weighted by Crippen LogP contribution is -2.32. The Hall–Kier alpha value is -3.15. The van der Waals surface area contributed by atoms with E-state index >= 15 is 0 Å². The molecule has 1 heterocycles. The number of methoxy groups -OCH3 is 1. The topological polar surface area (TPSA) is 118 Å². The Morgan fingerprint density at radius 2 is 1.97 bits per heavy atom. The highest BCUT2D eigenvalue weighted by atomic mass is 35.5. The predicted molar refractivity (Wildman–Crippen MR) is 127 cm³/mol. The zero-order valence-corrected chi connectivity index (χ0v) is 20.0. The Morgan fingerprint density at radius 1 is 1.24 bits per heavy atom. The number of ether oxygens (including phenoxy) is 1. The van der Waals surface area contributed by atoms with E-state index in [0.717, 1.165) is 11.8 Å². The number of thioether (sulfide) groups is 1. The summed E-state index contributed by atoms with van der Waals surface area (Å²) in [7, 11) is 1.53. The third-order valence-corrected chi connectivity index (χ3v) is 6.01. The molecule has 2 amide bonds. The SMILES string of the molecule is CCn1c(SCC(=O)Nc2ccc(F)c(Cl)c2)nnc1[C@@H](CO)NC(=O)c1ccc(OC)cc1. The fraction of sp³-hybridized carbons (Fsp3) is 0.273. The molecule has 9 nitrogen and oxygen atoms in total. The van der Waals surface area contributed by atoms with Crippen molar-refractivity contribution in [2.75, 3.05) is 24.8 Å². The van der Waals surface area contributed by atoms with Crippen molar-refractivity contribution in [3.63, 3.8) is 0 Å². The van der Waals surface area contributed by atoms with Crippen molar-refractivity contribution in [1.82, 2.24) is 20.1 Å². The highest BCUT2D eigenvalue weighted by molar-refractivity contribution is 7.99. The minimum absolute atomic E-state index is 0.00906. The number of carbonyl (C=O) groups excluding carboxylic acids is 2. The van der Waals surface area contributed by atoms with Crippen molar-refractivity contribution in [3.8, 4) is 5.75 Å². The molecule has 0 spiro atoms. The molecule has 0 radical (unpaired) electrons. The average Bonchev–Trinajstić information content (AvgIpc) is 3.26. The van der Waals surface area contributed by atoms with Crippen LogP contribution in [0.25, 0.3) is 0 Å². The van der Waals surface area contributed by atoms with Crippen LogP contribution in [0.1, 0.15) is 29.1 Å². The molecule has 2 aromatic carbocycles. The van der Waals surface area contributed by atoms with Gasteiger partial charge in [-0.2, -0.15) is 0 Å². The van der Waals surface area contributed by atoms with Crippen molar-refractivity contribution >= 4 is 40.9 Å². The number of carbonyl (C=O) groups is 2. The smallest absolute Gasteiger partial charge is 0.251 e. The van der Waals surface area contributed by atoms with Crippen LogP contribution < -0.4 is 15.4 Å². The fourth-order valence-corrected chi connectivity index (χ4v) is 4.03. The van der Waals surface area contributed by atoms with Crippen molar-refractivity contribution in [1.29, 1.82) is 0 Å². The molecule has 12 heteroatoms. The van der Waals surface area contributed by atoms with E-state index in [-0.39, 0.29) is 22.6 Å². The lowest BCUT2D eigenvalue weighted by Gasteiger charge is -2.17. The van der Waals surface area contributed by atoms with Crippen LogP contribution in [0, 0.1) is 5.82 Å². The van der Waals surface area contributed by atoms with Gasteiger partial charge >= 0.3 is 0 Å². The van der Waals surface area contributed by atoms with Gasteiger partial charge in [0.2, 0.25) is 5.91 Å². The summed E-state index contributed by atoms with van der Waals surface area (Å²) in [4.78, 5) is 24.9. The molecule has 3 rings (SSSR count). The van der Waals surface area contributed by atoms with Gasteiger partial charge in [0.15, 0.2) is 11.0 Å². The van der Waals surface area contributed by atoms with Gasteiger partial charge in [-0.05, 0) is 49.4 Å². The number of anilines is 1. The van der Waals surface area contributed by atoms with Crippen LogP contribution in [-0.4, -0.2) is 51.2 Å². The molecular weight excluding hydrogens is 485 g/mol. The Bertz CT molecular complexity index is 1160. The number of rotatable bonds is 10.